The molecule has 1 aromatic heterocycles. The first-order valence-corrected chi connectivity index (χ1v) is 10.7. The van der Waals surface area contributed by atoms with Gasteiger partial charge in [0.15, 0.2) is 0 Å². The standard InChI is InChI=1S/C24H19N3O5S/c1-16-22(33-21-14-7-6-13-20(21)27(29)30)23(26(25-16)18-10-4-3-5-11-18)32-24(28)17-9-8-12-19(15-17)31-2/h3-15H,1-2H3. The summed E-state index contributed by atoms with van der Waals surface area (Å²) < 4.78 is 12.5. The molecule has 0 aliphatic heterocycles. The fourth-order valence-corrected chi connectivity index (χ4v) is 4.16. The topological polar surface area (TPSA) is 96.5 Å². The summed E-state index contributed by atoms with van der Waals surface area (Å²) in [6.45, 7) is 1.76. The van der Waals surface area contributed by atoms with E-state index < -0.39 is 10.9 Å². The molecule has 33 heavy (non-hydrogen) atoms. The molecule has 3 aromatic carbocycles. The first-order valence-electron chi connectivity index (χ1n) is 9.90. The largest absolute Gasteiger partial charge is 0.497 e. The molecule has 0 saturated heterocycles. The Labute approximate surface area is 193 Å². The Morgan fingerprint density at radius 3 is 2.48 bits per heavy atom. The minimum atomic E-state index is -0.601. The third-order valence-corrected chi connectivity index (χ3v) is 5.97. The molecule has 9 heteroatoms. The van der Waals surface area contributed by atoms with Crippen molar-refractivity contribution in [3.8, 4) is 17.3 Å². The van der Waals surface area contributed by atoms with Gasteiger partial charge in [0, 0.05) is 6.07 Å². The summed E-state index contributed by atoms with van der Waals surface area (Å²) in [5, 5.41) is 16.1. The molecule has 0 fully saturated rings. The molecule has 4 rings (SSSR count). The van der Waals surface area contributed by atoms with Gasteiger partial charge in [0.05, 0.1) is 38.8 Å². The number of rotatable bonds is 7. The molecule has 0 unspecified atom stereocenters. The molecule has 0 radical (unpaired) electrons. The van der Waals surface area contributed by atoms with Crippen molar-refractivity contribution < 1.29 is 19.2 Å². The number of ether oxygens (including phenoxy) is 2. The maximum atomic E-state index is 13.0. The van der Waals surface area contributed by atoms with Crippen LogP contribution in [0.3, 0.4) is 0 Å². The van der Waals surface area contributed by atoms with Crippen molar-refractivity contribution in [1.82, 2.24) is 9.78 Å². The van der Waals surface area contributed by atoms with Crippen molar-refractivity contribution >= 4 is 23.4 Å². The number of hydrogen-bond donors (Lipinski definition) is 0. The number of para-hydroxylation sites is 2. The van der Waals surface area contributed by atoms with Crippen LogP contribution in [0.25, 0.3) is 5.69 Å². The number of nitro benzene ring substituents is 1. The lowest BCUT2D eigenvalue weighted by atomic mass is 10.2. The summed E-state index contributed by atoms with van der Waals surface area (Å²) in [5.74, 6) is 0.0942. The molecule has 0 N–H and O–H groups in total. The predicted octanol–water partition coefficient (Wildman–Crippen LogP) is 5.47. The Hall–Kier alpha value is -4.11. The molecule has 8 nitrogen and oxygen atoms in total. The third kappa shape index (κ3) is 4.73. The molecular weight excluding hydrogens is 442 g/mol. The van der Waals surface area contributed by atoms with Gasteiger partial charge in [-0.25, -0.2) is 4.79 Å². The van der Waals surface area contributed by atoms with Crippen LogP contribution in [-0.2, 0) is 0 Å². The second-order valence-electron chi connectivity index (χ2n) is 6.92. The fourth-order valence-electron chi connectivity index (χ4n) is 3.14. The van der Waals surface area contributed by atoms with E-state index in [0.29, 0.717) is 32.5 Å². The highest BCUT2D eigenvalue weighted by Crippen LogP contribution is 2.42. The Kier molecular flexibility index (Phi) is 6.41. The van der Waals surface area contributed by atoms with Gasteiger partial charge in [0.25, 0.3) is 5.69 Å². The van der Waals surface area contributed by atoms with E-state index in [1.165, 1.54) is 17.9 Å². The van der Waals surface area contributed by atoms with Gasteiger partial charge in [-0.1, -0.05) is 48.2 Å². The van der Waals surface area contributed by atoms with Gasteiger partial charge in [-0.05, 0) is 43.3 Å². The molecule has 0 saturated carbocycles. The molecule has 0 amide bonds. The van der Waals surface area contributed by atoms with E-state index in [1.54, 1.807) is 49.4 Å². The third-order valence-electron chi connectivity index (χ3n) is 4.73. The van der Waals surface area contributed by atoms with Gasteiger partial charge in [-0.15, -0.1) is 0 Å². The summed E-state index contributed by atoms with van der Waals surface area (Å²) in [7, 11) is 1.51. The lowest BCUT2D eigenvalue weighted by Crippen LogP contribution is -2.12. The van der Waals surface area contributed by atoms with Crippen molar-refractivity contribution in [2.75, 3.05) is 7.11 Å². The normalized spacial score (nSPS) is 10.6. The monoisotopic (exact) mass is 461 g/mol. The first-order chi connectivity index (χ1) is 16.0. The van der Waals surface area contributed by atoms with E-state index in [0.717, 1.165) is 11.8 Å². The van der Waals surface area contributed by atoms with Crippen molar-refractivity contribution in [3.05, 3.63) is 100 Å². The Morgan fingerprint density at radius 2 is 1.76 bits per heavy atom. The highest BCUT2D eigenvalue weighted by atomic mass is 32.2. The van der Waals surface area contributed by atoms with Crippen LogP contribution in [0.15, 0.2) is 88.7 Å². The summed E-state index contributed by atoms with van der Waals surface area (Å²) in [4.78, 5) is 25.0. The van der Waals surface area contributed by atoms with Crippen molar-refractivity contribution in [2.24, 2.45) is 0 Å². The summed E-state index contributed by atoms with van der Waals surface area (Å²) >= 11 is 1.13. The first kappa shape index (κ1) is 22.1. The molecular formula is C24H19N3O5S. The minimum Gasteiger partial charge on any atom is -0.497 e. The maximum absolute atomic E-state index is 13.0. The van der Waals surface area contributed by atoms with Crippen LogP contribution < -0.4 is 9.47 Å². The van der Waals surface area contributed by atoms with E-state index in [-0.39, 0.29) is 11.6 Å². The molecule has 0 aliphatic rings. The van der Waals surface area contributed by atoms with Crippen LogP contribution in [0.2, 0.25) is 0 Å². The quantitative estimate of drug-likeness (QED) is 0.205. The summed E-state index contributed by atoms with van der Waals surface area (Å²) in [6.07, 6.45) is 0. The van der Waals surface area contributed by atoms with Gasteiger partial charge in [0.1, 0.15) is 5.75 Å². The number of carbonyl (C=O) groups excluding carboxylic acids is 1. The van der Waals surface area contributed by atoms with Gasteiger partial charge in [-0.3, -0.25) is 10.1 Å². The SMILES string of the molecule is COc1cccc(C(=O)Oc2c(Sc3ccccc3[N+](=O)[O-])c(C)nn2-c2ccccc2)c1. The van der Waals surface area contributed by atoms with Crippen molar-refractivity contribution in [1.29, 1.82) is 0 Å². The minimum absolute atomic E-state index is 0.0422. The number of methoxy groups -OCH3 is 1. The van der Waals surface area contributed by atoms with Gasteiger partial charge >= 0.3 is 5.97 Å². The number of hydrogen-bond acceptors (Lipinski definition) is 7. The second kappa shape index (κ2) is 9.58. The van der Waals surface area contributed by atoms with E-state index in [2.05, 4.69) is 5.10 Å². The smallest absolute Gasteiger partial charge is 0.345 e. The molecule has 0 bridgehead atoms. The summed E-state index contributed by atoms with van der Waals surface area (Å²) in [5.41, 5.74) is 1.51. The van der Waals surface area contributed by atoms with Crippen LogP contribution in [0.1, 0.15) is 16.1 Å². The van der Waals surface area contributed by atoms with E-state index in [1.807, 2.05) is 30.3 Å². The average Bonchev–Trinajstić information content (AvgIpc) is 3.14. The van der Waals surface area contributed by atoms with E-state index >= 15 is 0 Å². The molecule has 4 aromatic rings. The van der Waals surface area contributed by atoms with Crippen molar-refractivity contribution in [3.63, 3.8) is 0 Å². The lowest BCUT2D eigenvalue weighted by molar-refractivity contribution is -0.387. The van der Waals surface area contributed by atoms with Crippen LogP contribution in [0.4, 0.5) is 5.69 Å². The number of carbonyl (C=O) groups is 1. The van der Waals surface area contributed by atoms with Crippen LogP contribution in [-0.4, -0.2) is 27.8 Å². The molecule has 166 valence electrons. The predicted molar refractivity (Wildman–Crippen MR) is 123 cm³/mol. The van der Waals surface area contributed by atoms with Gasteiger partial charge in [0.2, 0.25) is 5.88 Å². The second-order valence-corrected chi connectivity index (χ2v) is 7.97. The zero-order valence-electron chi connectivity index (χ0n) is 17.8. The average molecular weight is 461 g/mol. The number of nitro groups is 1. The fraction of sp³-hybridized carbons (Fsp3) is 0.0833. The van der Waals surface area contributed by atoms with E-state index in [4.69, 9.17) is 9.47 Å². The van der Waals surface area contributed by atoms with E-state index in [9.17, 15) is 14.9 Å². The Morgan fingerprint density at radius 1 is 1.03 bits per heavy atom. The van der Waals surface area contributed by atoms with Crippen molar-refractivity contribution in [2.45, 2.75) is 16.7 Å². The molecule has 0 atom stereocenters. The number of esters is 1. The molecule has 0 spiro atoms. The molecule has 0 aliphatic carbocycles. The number of nitrogens with zero attached hydrogens (tertiary/aromatic N) is 3. The maximum Gasteiger partial charge on any atom is 0.345 e. The Bertz CT molecular complexity index is 1320. The molecule has 1 heterocycles. The summed E-state index contributed by atoms with van der Waals surface area (Å²) in [6, 6.07) is 22.2. The van der Waals surface area contributed by atoms with Gasteiger partial charge < -0.3 is 9.47 Å². The zero-order chi connectivity index (χ0) is 23.4. The lowest BCUT2D eigenvalue weighted by Gasteiger charge is -2.11. The van der Waals surface area contributed by atoms with Crippen LogP contribution >= 0.6 is 11.8 Å². The highest BCUT2D eigenvalue weighted by molar-refractivity contribution is 7.99. The zero-order valence-corrected chi connectivity index (χ0v) is 18.6. The highest BCUT2D eigenvalue weighted by Gasteiger charge is 2.25. The number of aromatic nitrogens is 2. The number of benzene rings is 3. The van der Waals surface area contributed by atoms with Crippen LogP contribution in [0, 0.1) is 17.0 Å². The van der Waals surface area contributed by atoms with Crippen LogP contribution in [0.5, 0.6) is 11.6 Å². The number of aryl methyl sites for hydroxylation is 1. The Balaban J connectivity index is 1.80. The van der Waals surface area contributed by atoms with Gasteiger partial charge in [-0.2, -0.15) is 9.78 Å².